The van der Waals surface area contributed by atoms with Gasteiger partial charge in [0, 0.05) is 25.7 Å². The first kappa shape index (κ1) is 24.4. The largest absolute Gasteiger partial charge is 0.497 e. The van der Waals surface area contributed by atoms with Crippen molar-refractivity contribution in [2.24, 2.45) is 5.92 Å². The number of carbonyl (C=O) groups excluding carboxylic acids is 2. The molecule has 1 fully saturated rings. The second-order valence-electron chi connectivity index (χ2n) is 8.28. The number of methoxy groups -OCH3 is 3. The minimum Gasteiger partial charge on any atom is -0.497 e. The minimum atomic E-state index is -0.462. The molecule has 178 valence electrons. The number of piperidine rings is 1. The van der Waals surface area contributed by atoms with E-state index in [4.69, 9.17) is 14.2 Å². The lowest BCUT2D eigenvalue weighted by atomic mass is 9.82. The summed E-state index contributed by atoms with van der Waals surface area (Å²) in [4.78, 5) is 30.3. The molecule has 2 aromatic carbocycles. The average Bonchev–Trinajstić information content (AvgIpc) is 2.86. The molecule has 7 heteroatoms. The summed E-state index contributed by atoms with van der Waals surface area (Å²) in [5.41, 5.74) is 1.56. The number of benzene rings is 2. The quantitative estimate of drug-likeness (QED) is 0.560. The van der Waals surface area contributed by atoms with Crippen molar-refractivity contribution in [2.45, 2.75) is 38.6 Å². The van der Waals surface area contributed by atoms with Crippen molar-refractivity contribution in [2.75, 3.05) is 39.8 Å². The number of amides is 2. The van der Waals surface area contributed by atoms with Crippen LogP contribution in [0.15, 0.2) is 42.5 Å². The van der Waals surface area contributed by atoms with Crippen LogP contribution in [0.4, 0.5) is 5.69 Å². The van der Waals surface area contributed by atoms with Crippen LogP contribution >= 0.6 is 0 Å². The molecule has 0 bridgehead atoms. The summed E-state index contributed by atoms with van der Waals surface area (Å²) in [6.07, 6.45) is 2.77. The van der Waals surface area contributed by atoms with Crippen molar-refractivity contribution < 1.29 is 23.8 Å². The van der Waals surface area contributed by atoms with E-state index < -0.39 is 6.04 Å². The molecular weight excluding hydrogens is 420 g/mol. The van der Waals surface area contributed by atoms with Crippen LogP contribution in [0.25, 0.3) is 0 Å². The van der Waals surface area contributed by atoms with E-state index in [1.165, 1.54) is 0 Å². The zero-order chi connectivity index (χ0) is 24.0. The monoisotopic (exact) mass is 454 g/mol. The highest BCUT2D eigenvalue weighted by atomic mass is 16.5. The lowest BCUT2D eigenvalue weighted by Gasteiger charge is -2.42. The fourth-order valence-electron chi connectivity index (χ4n) is 4.41. The predicted molar refractivity (Wildman–Crippen MR) is 128 cm³/mol. The van der Waals surface area contributed by atoms with Gasteiger partial charge in [-0.15, -0.1) is 0 Å². The van der Waals surface area contributed by atoms with Crippen molar-refractivity contribution >= 4 is 17.5 Å². The summed E-state index contributed by atoms with van der Waals surface area (Å²) in [5, 5.41) is 0. The van der Waals surface area contributed by atoms with Crippen molar-refractivity contribution in [3.8, 4) is 17.2 Å². The van der Waals surface area contributed by atoms with Gasteiger partial charge in [-0.2, -0.15) is 0 Å². The molecule has 0 unspecified atom stereocenters. The Balaban J connectivity index is 2.09. The number of carbonyl (C=O) groups is 2. The third-order valence-electron chi connectivity index (χ3n) is 6.24. The van der Waals surface area contributed by atoms with E-state index in [0.29, 0.717) is 36.6 Å². The first-order valence-corrected chi connectivity index (χ1v) is 11.4. The van der Waals surface area contributed by atoms with Gasteiger partial charge >= 0.3 is 0 Å². The summed E-state index contributed by atoms with van der Waals surface area (Å²) in [7, 11) is 6.61. The molecule has 0 aromatic heterocycles. The van der Waals surface area contributed by atoms with Crippen LogP contribution in [0.3, 0.4) is 0 Å². The molecular formula is C26H34N2O5. The van der Waals surface area contributed by atoms with Gasteiger partial charge in [0.1, 0.15) is 5.75 Å². The lowest BCUT2D eigenvalue weighted by molar-refractivity contribution is -0.137. The first-order chi connectivity index (χ1) is 15.9. The maximum Gasteiger partial charge on any atom is 0.227 e. The highest BCUT2D eigenvalue weighted by Crippen LogP contribution is 2.43. The Morgan fingerprint density at radius 3 is 2.33 bits per heavy atom. The number of anilines is 1. The Hall–Kier alpha value is -3.22. The third kappa shape index (κ3) is 5.24. The van der Waals surface area contributed by atoms with Gasteiger partial charge in [-0.05, 0) is 54.8 Å². The van der Waals surface area contributed by atoms with Crippen molar-refractivity contribution in [3.05, 3.63) is 48.0 Å². The molecule has 0 saturated carbocycles. The van der Waals surface area contributed by atoms with E-state index in [2.05, 4.69) is 6.92 Å². The molecule has 0 spiro atoms. The Morgan fingerprint density at radius 1 is 1.03 bits per heavy atom. The van der Waals surface area contributed by atoms with Crippen LogP contribution in [-0.2, 0) is 9.59 Å². The van der Waals surface area contributed by atoms with Crippen molar-refractivity contribution in [1.29, 1.82) is 0 Å². The molecule has 0 radical (unpaired) electrons. The van der Waals surface area contributed by atoms with E-state index in [1.807, 2.05) is 49.5 Å². The summed E-state index contributed by atoms with van der Waals surface area (Å²) in [6.45, 7) is 2.80. The van der Waals surface area contributed by atoms with Gasteiger partial charge in [0.05, 0.1) is 33.3 Å². The molecule has 33 heavy (non-hydrogen) atoms. The van der Waals surface area contributed by atoms with Crippen LogP contribution < -0.4 is 19.1 Å². The number of ether oxygens (including phenoxy) is 3. The predicted octanol–water partition coefficient (Wildman–Crippen LogP) is 4.46. The maximum atomic E-state index is 13.6. The Labute approximate surface area is 196 Å². The number of hydrogen-bond acceptors (Lipinski definition) is 5. The molecule has 1 saturated heterocycles. The minimum absolute atomic E-state index is 0.0137. The van der Waals surface area contributed by atoms with Crippen LogP contribution in [0, 0.1) is 5.92 Å². The second-order valence-corrected chi connectivity index (χ2v) is 8.28. The Morgan fingerprint density at radius 2 is 1.73 bits per heavy atom. The zero-order valence-electron chi connectivity index (χ0n) is 20.2. The standard InChI is InChI=1S/C26H34N2O5/c1-6-7-16-27(2)26(30)21-13-15-24(29)28(19-9-11-20(31-3)12-10-19)25(21)18-8-14-22(32-4)23(17-18)33-5/h8-12,14,17,21,25H,6-7,13,15-16H2,1-5H3/t21-,25+/m0/s1. The molecule has 0 N–H and O–H groups in total. The number of unbranched alkanes of at least 4 members (excludes halogenated alkanes) is 1. The topological polar surface area (TPSA) is 68.3 Å². The fraction of sp³-hybridized carbons (Fsp3) is 0.462. The van der Waals surface area contributed by atoms with Crippen LogP contribution in [0.1, 0.15) is 44.2 Å². The summed E-state index contributed by atoms with van der Waals surface area (Å²) >= 11 is 0. The third-order valence-corrected chi connectivity index (χ3v) is 6.24. The lowest BCUT2D eigenvalue weighted by Crippen LogP contribution is -2.48. The van der Waals surface area contributed by atoms with Gasteiger partial charge in [0.15, 0.2) is 11.5 Å². The summed E-state index contributed by atoms with van der Waals surface area (Å²) in [6, 6.07) is 12.5. The maximum absolute atomic E-state index is 13.6. The summed E-state index contributed by atoms with van der Waals surface area (Å²) < 4.78 is 16.2. The van der Waals surface area contributed by atoms with Gasteiger partial charge in [-0.3, -0.25) is 9.59 Å². The van der Waals surface area contributed by atoms with E-state index >= 15 is 0 Å². The second kappa shape index (κ2) is 11.1. The number of rotatable bonds is 9. The molecule has 3 rings (SSSR count). The molecule has 2 atom stereocenters. The molecule has 2 amide bonds. The zero-order valence-corrected chi connectivity index (χ0v) is 20.2. The number of hydrogen-bond donors (Lipinski definition) is 0. The molecule has 1 heterocycles. The molecule has 1 aliphatic heterocycles. The van der Waals surface area contributed by atoms with Gasteiger partial charge in [0.2, 0.25) is 11.8 Å². The Bertz CT molecular complexity index is 960. The highest BCUT2D eigenvalue weighted by molar-refractivity contribution is 5.97. The van der Waals surface area contributed by atoms with Crippen LogP contribution in [0.5, 0.6) is 17.2 Å². The van der Waals surface area contributed by atoms with Gasteiger partial charge < -0.3 is 24.0 Å². The number of nitrogens with zero attached hydrogens (tertiary/aromatic N) is 2. The molecule has 2 aromatic rings. The van der Waals surface area contributed by atoms with Crippen molar-refractivity contribution in [3.63, 3.8) is 0 Å². The van der Waals surface area contributed by atoms with E-state index in [0.717, 1.165) is 24.1 Å². The van der Waals surface area contributed by atoms with Gasteiger partial charge in [-0.1, -0.05) is 19.4 Å². The highest BCUT2D eigenvalue weighted by Gasteiger charge is 2.42. The van der Waals surface area contributed by atoms with E-state index in [1.54, 1.807) is 31.1 Å². The van der Waals surface area contributed by atoms with E-state index in [9.17, 15) is 9.59 Å². The Kier molecular flexibility index (Phi) is 8.20. The summed E-state index contributed by atoms with van der Waals surface area (Å²) in [5.74, 6) is 1.53. The fourth-order valence-corrected chi connectivity index (χ4v) is 4.41. The molecule has 0 aliphatic carbocycles. The van der Waals surface area contributed by atoms with Gasteiger partial charge in [0.25, 0.3) is 0 Å². The smallest absolute Gasteiger partial charge is 0.227 e. The average molecular weight is 455 g/mol. The first-order valence-electron chi connectivity index (χ1n) is 11.4. The molecule has 7 nitrogen and oxygen atoms in total. The van der Waals surface area contributed by atoms with Gasteiger partial charge in [-0.25, -0.2) is 0 Å². The van der Waals surface area contributed by atoms with Crippen LogP contribution in [-0.4, -0.2) is 51.6 Å². The van der Waals surface area contributed by atoms with Crippen molar-refractivity contribution in [1.82, 2.24) is 4.90 Å². The van der Waals surface area contributed by atoms with Crippen LogP contribution in [0.2, 0.25) is 0 Å². The molecule has 1 aliphatic rings. The SMILES string of the molecule is CCCCN(C)C(=O)[C@H]1CCC(=O)N(c2ccc(OC)cc2)[C@@H]1c1ccc(OC)c(OC)c1. The van der Waals surface area contributed by atoms with E-state index in [-0.39, 0.29) is 17.7 Å². The normalized spacial score (nSPS) is 18.1.